The van der Waals surface area contributed by atoms with Gasteiger partial charge in [-0.05, 0) is 80.8 Å². The first-order valence-corrected chi connectivity index (χ1v) is 19.5. The van der Waals surface area contributed by atoms with E-state index < -0.39 is 30.9 Å². The highest BCUT2D eigenvalue weighted by Gasteiger charge is 2.21. The van der Waals surface area contributed by atoms with Gasteiger partial charge >= 0.3 is 0 Å². The lowest BCUT2D eigenvalue weighted by Crippen LogP contribution is -2.06. The molecule has 4 aromatic carbocycles. The van der Waals surface area contributed by atoms with Gasteiger partial charge in [-0.1, -0.05) is 30.3 Å². The number of benzene rings is 4. The second kappa shape index (κ2) is 15.9. The molecule has 280 valence electrons. The smallest absolute Gasteiger partial charge is 0.296 e. The van der Waals surface area contributed by atoms with Crippen molar-refractivity contribution < 1.29 is 35.8 Å². The van der Waals surface area contributed by atoms with Crippen molar-refractivity contribution in [2.24, 2.45) is 30.7 Å². The van der Waals surface area contributed by atoms with E-state index in [-0.39, 0.29) is 70.7 Å². The molecule has 6 aromatic rings. The maximum atomic E-state index is 12.3. The molecule has 3 N–H and O–H groups in total. The van der Waals surface area contributed by atoms with E-state index in [1.54, 1.807) is 74.5 Å². The van der Waals surface area contributed by atoms with Crippen molar-refractivity contribution in [3.8, 4) is 17.7 Å². The minimum atomic E-state index is -4.78. The van der Waals surface area contributed by atoms with Gasteiger partial charge in [0.2, 0.25) is 5.88 Å². The van der Waals surface area contributed by atoms with Gasteiger partial charge in [-0.3, -0.25) is 13.5 Å². The summed E-state index contributed by atoms with van der Waals surface area (Å²) in [7, 11) is -8.96. The molecule has 0 aliphatic rings. The van der Waals surface area contributed by atoms with Gasteiger partial charge in [0.25, 0.3) is 20.2 Å². The van der Waals surface area contributed by atoms with Crippen LogP contribution in [-0.2, 0) is 20.2 Å². The zero-order chi connectivity index (χ0) is 39.3. The lowest BCUT2D eigenvalue weighted by Gasteiger charge is -2.12. The number of hydrogen-bond donors (Lipinski definition) is 3. The number of aromatic nitrogens is 2. The Morgan fingerprint density at radius 2 is 1.47 bits per heavy atom. The lowest BCUT2D eigenvalue weighted by molar-refractivity contribution is 0.310. The zero-order valence-electron chi connectivity index (χ0n) is 29.1. The maximum Gasteiger partial charge on any atom is 0.296 e. The molecular weight excluding hydrogens is 751 g/mol. The van der Waals surface area contributed by atoms with E-state index >= 15 is 0 Å². The minimum absolute atomic E-state index is 0.00258. The number of rotatable bonds is 13. The average molecular weight is 782 g/mol. The van der Waals surface area contributed by atoms with Crippen molar-refractivity contribution in [2.75, 3.05) is 12.4 Å². The second-order valence-corrected chi connectivity index (χ2v) is 15.0. The third kappa shape index (κ3) is 8.85. The molecule has 0 bridgehead atoms. The van der Waals surface area contributed by atoms with Crippen LogP contribution in [0.2, 0.25) is 0 Å². The molecule has 0 unspecified atom stereocenters. The molecule has 0 radical (unpaired) electrons. The third-order valence-corrected chi connectivity index (χ3v) is 9.85. The van der Waals surface area contributed by atoms with Gasteiger partial charge in [0, 0.05) is 11.6 Å². The van der Waals surface area contributed by atoms with Crippen LogP contribution in [0.25, 0.3) is 16.7 Å². The SMILES string of the molecule is Cc1cc(N=Nc2c(C)c(C#N)c3nc4ccccc4n3c2O)c(OCCCCS(=O)(=O)O)cc1N=Nc1ccc(N=Nc2ccccc2)cc1S(=O)(=O)O. The maximum absolute atomic E-state index is 12.3. The highest BCUT2D eigenvalue weighted by molar-refractivity contribution is 7.86. The first kappa shape index (κ1) is 38.3. The minimum Gasteiger partial charge on any atom is -0.493 e. The fourth-order valence-electron chi connectivity index (χ4n) is 5.43. The summed E-state index contributed by atoms with van der Waals surface area (Å²) in [4.78, 5) is 3.95. The third-order valence-electron chi connectivity index (χ3n) is 8.16. The first-order chi connectivity index (χ1) is 26.2. The number of pyridine rings is 1. The first-order valence-electron chi connectivity index (χ1n) is 16.4. The van der Waals surface area contributed by atoms with E-state index in [2.05, 4.69) is 41.7 Å². The van der Waals surface area contributed by atoms with E-state index in [4.69, 9.17) is 9.29 Å². The molecule has 55 heavy (non-hydrogen) atoms. The van der Waals surface area contributed by atoms with Crippen LogP contribution >= 0.6 is 0 Å². The van der Waals surface area contributed by atoms with Crippen LogP contribution in [0, 0.1) is 25.2 Å². The van der Waals surface area contributed by atoms with E-state index in [0.717, 1.165) is 6.07 Å². The van der Waals surface area contributed by atoms with Gasteiger partial charge in [-0.25, -0.2) is 4.98 Å². The van der Waals surface area contributed by atoms with E-state index in [1.165, 1.54) is 22.6 Å². The van der Waals surface area contributed by atoms with E-state index in [0.29, 0.717) is 27.8 Å². The summed E-state index contributed by atoms with van der Waals surface area (Å²) in [6.07, 6.45) is 0.318. The summed E-state index contributed by atoms with van der Waals surface area (Å²) < 4.78 is 73.5. The molecule has 2 aromatic heterocycles. The number of nitriles is 1. The Hall–Kier alpha value is -6.46. The van der Waals surface area contributed by atoms with Crippen molar-refractivity contribution in [1.82, 2.24) is 9.38 Å². The fourth-order valence-corrected chi connectivity index (χ4v) is 6.64. The zero-order valence-corrected chi connectivity index (χ0v) is 30.8. The van der Waals surface area contributed by atoms with Gasteiger partial charge in [-0.15, -0.1) is 15.3 Å². The summed E-state index contributed by atoms with van der Waals surface area (Å²) >= 11 is 0. The molecule has 2 heterocycles. The van der Waals surface area contributed by atoms with E-state index in [9.17, 15) is 31.8 Å². The van der Waals surface area contributed by atoms with Gasteiger partial charge in [0.05, 0.1) is 40.5 Å². The quantitative estimate of drug-likeness (QED) is 0.0568. The standard InChI is InChI=1S/C36H31N9O8S2/c1-22-18-30(43-44-34-23(2)26(21-37)35-38-27-12-6-7-13-31(27)45(35)36(34)46)32(53-16-8-9-17-54(47,48)49)20-29(22)42-41-28-15-14-25(19-33(28)55(50,51)52)40-39-24-10-4-3-5-11-24/h3-7,10-15,18-20,46H,8-9,16-17H2,1-2H3,(H,47,48,49)(H,50,51,52). The number of aryl methyl sites for hydroxylation is 1. The number of hydrogen-bond acceptors (Lipinski definition) is 14. The molecule has 0 spiro atoms. The topological polar surface area (TPSA) is 253 Å². The van der Waals surface area contributed by atoms with Crippen molar-refractivity contribution in [1.29, 1.82) is 5.26 Å². The molecule has 0 aliphatic carbocycles. The molecule has 19 heteroatoms. The monoisotopic (exact) mass is 781 g/mol. The lowest BCUT2D eigenvalue weighted by atomic mass is 10.1. The number of para-hydroxylation sites is 2. The molecule has 6 rings (SSSR count). The van der Waals surface area contributed by atoms with Crippen LogP contribution in [-0.4, -0.2) is 52.8 Å². The highest BCUT2D eigenvalue weighted by atomic mass is 32.2. The summed E-state index contributed by atoms with van der Waals surface area (Å²) in [5.41, 5.74) is 3.17. The van der Waals surface area contributed by atoms with Gasteiger partial charge in [0.1, 0.15) is 33.7 Å². The van der Waals surface area contributed by atoms with Crippen LogP contribution in [0.5, 0.6) is 11.6 Å². The Morgan fingerprint density at radius 3 is 2.20 bits per heavy atom. The number of nitrogens with zero attached hydrogens (tertiary/aromatic N) is 9. The Balaban J connectivity index is 1.37. The number of ether oxygens (including phenoxy) is 1. The van der Waals surface area contributed by atoms with Gasteiger partial charge in [-0.2, -0.15) is 37.4 Å². The molecule has 0 atom stereocenters. The molecule has 17 nitrogen and oxygen atoms in total. The Bertz CT molecular complexity index is 2800. The van der Waals surface area contributed by atoms with Gasteiger partial charge in [0.15, 0.2) is 11.3 Å². The van der Waals surface area contributed by atoms with Crippen LogP contribution in [0.3, 0.4) is 0 Å². The normalized spacial score (nSPS) is 12.4. The molecule has 0 amide bonds. The summed E-state index contributed by atoms with van der Waals surface area (Å²) in [5.74, 6) is -0.668. The van der Waals surface area contributed by atoms with Crippen molar-refractivity contribution in [3.63, 3.8) is 0 Å². The number of azo groups is 3. The van der Waals surface area contributed by atoms with Crippen LogP contribution in [0.4, 0.5) is 34.1 Å². The molecule has 0 fully saturated rings. The Labute approximate surface area is 314 Å². The summed E-state index contributed by atoms with van der Waals surface area (Å²) in [6.45, 7) is 3.26. The molecule has 0 saturated carbocycles. The number of imidazole rings is 1. The number of unbranched alkanes of at least 4 members (excludes halogenated alkanes) is 1. The van der Waals surface area contributed by atoms with Crippen LogP contribution < -0.4 is 4.74 Å². The van der Waals surface area contributed by atoms with Crippen molar-refractivity contribution in [3.05, 3.63) is 102 Å². The van der Waals surface area contributed by atoms with Gasteiger partial charge < -0.3 is 9.84 Å². The van der Waals surface area contributed by atoms with E-state index in [1.807, 2.05) is 0 Å². The average Bonchev–Trinajstić information content (AvgIpc) is 3.53. The Kier molecular flexibility index (Phi) is 11.0. The number of aromatic hydroxyl groups is 1. The largest absolute Gasteiger partial charge is 0.493 e. The fraction of sp³-hybridized carbons (Fsp3) is 0.167. The highest BCUT2D eigenvalue weighted by Crippen LogP contribution is 2.41. The van der Waals surface area contributed by atoms with Crippen LogP contribution in [0.1, 0.15) is 29.5 Å². The molecule has 0 saturated heterocycles. The second-order valence-electron chi connectivity index (χ2n) is 12.1. The predicted molar refractivity (Wildman–Crippen MR) is 201 cm³/mol. The predicted octanol–water partition coefficient (Wildman–Crippen LogP) is 9.22. The molecule has 0 aliphatic heterocycles. The Morgan fingerprint density at radius 1 is 0.782 bits per heavy atom. The summed E-state index contributed by atoms with van der Waals surface area (Å²) in [6, 6.07) is 24.8. The summed E-state index contributed by atoms with van der Waals surface area (Å²) in [5, 5.41) is 46.5. The van der Waals surface area contributed by atoms with Crippen LogP contribution in [0.15, 0.2) is 121 Å². The number of fused-ring (bicyclic) bond motifs is 3. The molecular formula is C36H31N9O8S2. The van der Waals surface area contributed by atoms with Crippen molar-refractivity contribution >= 4 is 71.0 Å². The van der Waals surface area contributed by atoms with Crippen molar-refractivity contribution in [2.45, 2.75) is 31.6 Å².